The highest BCUT2D eigenvalue weighted by Gasteiger charge is 2.14. The van der Waals surface area contributed by atoms with E-state index in [-0.39, 0.29) is 18.3 Å². The summed E-state index contributed by atoms with van der Waals surface area (Å²) in [7, 11) is 0. The molecule has 0 aromatic heterocycles. The highest BCUT2D eigenvalue weighted by atomic mass is 19.1. The molecule has 0 bridgehead atoms. The molecule has 0 fully saturated rings. The van der Waals surface area contributed by atoms with E-state index in [0.29, 0.717) is 5.90 Å². The number of halogens is 1. The summed E-state index contributed by atoms with van der Waals surface area (Å²) in [6.07, 6.45) is 0. The Morgan fingerprint density at radius 2 is 1.86 bits per heavy atom. The Morgan fingerprint density at radius 3 is 2.48 bits per heavy atom. The summed E-state index contributed by atoms with van der Waals surface area (Å²) in [4.78, 5) is 11.0. The lowest BCUT2D eigenvalue weighted by Crippen LogP contribution is -2.32. The average Bonchev–Trinajstić information content (AvgIpc) is 2.48. The number of carbonyl (C=O) groups excluding carboxylic acids is 1. The van der Waals surface area contributed by atoms with Crippen LogP contribution in [0.25, 0.3) is 11.1 Å². The zero-order valence-corrected chi connectivity index (χ0v) is 11.4. The molecule has 0 radical (unpaired) electrons. The zero-order chi connectivity index (χ0) is 14.8. The Labute approximate surface area is 121 Å². The molecule has 0 saturated heterocycles. The Morgan fingerprint density at radius 1 is 1.14 bits per heavy atom. The second-order valence-electron chi connectivity index (χ2n) is 4.78. The van der Waals surface area contributed by atoms with Crippen molar-refractivity contribution in [2.24, 2.45) is 5.10 Å². The maximum absolute atomic E-state index is 13.1. The number of hydrogen-bond acceptors (Lipinski definition) is 3. The van der Waals surface area contributed by atoms with Gasteiger partial charge in [0.25, 0.3) is 5.91 Å². The van der Waals surface area contributed by atoms with Crippen molar-refractivity contribution < 1.29 is 13.9 Å². The summed E-state index contributed by atoms with van der Waals surface area (Å²) in [5.74, 6) is -0.122. The van der Waals surface area contributed by atoms with Gasteiger partial charge in [-0.2, -0.15) is 0 Å². The maximum atomic E-state index is 13.1. The summed E-state index contributed by atoms with van der Waals surface area (Å²) in [6.45, 7) is 1.84. The molecule has 4 nitrogen and oxygen atoms in total. The lowest BCUT2D eigenvalue weighted by molar-refractivity contribution is -0.124. The number of amides is 1. The van der Waals surface area contributed by atoms with Crippen LogP contribution in [0.2, 0.25) is 0 Å². The number of nitrogens with zero attached hydrogens (tertiary/aromatic N) is 1. The largest absolute Gasteiger partial charge is 0.466 e. The number of hydrogen-bond donors (Lipinski definition) is 1. The van der Waals surface area contributed by atoms with Gasteiger partial charge in [-0.3, -0.25) is 4.79 Å². The number of benzene rings is 2. The van der Waals surface area contributed by atoms with Gasteiger partial charge in [0, 0.05) is 5.56 Å². The quantitative estimate of drug-likeness (QED) is 0.921. The average molecular weight is 284 g/mol. The van der Waals surface area contributed by atoms with Gasteiger partial charge in [0.2, 0.25) is 5.90 Å². The van der Waals surface area contributed by atoms with Crippen molar-refractivity contribution in [3.05, 3.63) is 59.4 Å². The van der Waals surface area contributed by atoms with Crippen molar-refractivity contribution >= 4 is 11.8 Å². The first-order valence-electron chi connectivity index (χ1n) is 6.50. The van der Waals surface area contributed by atoms with E-state index < -0.39 is 0 Å². The minimum absolute atomic E-state index is 0.0301. The molecule has 1 amide bonds. The summed E-state index contributed by atoms with van der Waals surface area (Å²) < 4.78 is 18.4. The van der Waals surface area contributed by atoms with E-state index in [1.165, 1.54) is 12.1 Å². The third-order valence-corrected chi connectivity index (χ3v) is 3.25. The minimum Gasteiger partial charge on any atom is -0.466 e. The third kappa shape index (κ3) is 2.76. The van der Waals surface area contributed by atoms with Crippen molar-refractivity contribution in [1.82, 2.24) is 5.43 Å². The molecule has 0 spiro atoms. The van der Waals surface area contributed by atoms with Crippen LogP contribution in [0.1, 0.15) is 11.1 Å². The SMILES string of the molecule is Cc1cc(F)ccc1-c1ccc(C2=NNC(=O)CO2)cc1. The summed E-state index contributed by atoms with van der Waals surface area (Å²) in [5, 5.41) is 3.86. The zero-order valence-electron chi connectivity index (χ0n) is 11.4. The molecule has 0 aliphatic carbocycles. The molecule has 21 heavy (non-hydrogen) atoms. The van der Waals surface area contributed by atoms with Crippen molar-refractivity contribution in [3.8, 4) is 11.1 Å². The number of nitrogens with one attached hydrogen (secondary N) is 1. The predicted octanol–water partition coefficient (Wildman–Crippen LogP) is 2.61. The number of carbonyl (C=O) groups is 1. The highest BCUT2D eigenvalue weighted by molar-refractivity contribution is 5.98. The maximum Gasteiger partial charge on any atom is 0.278 e. The molecule has 1 aliphatic rings. The second-order valence-corrected chi connectivity index (χ2v) is 4.78. The number of rotatable bonds is 2. The van der Waals surface area contributed by atoms with Crippen molar-refractivity contribution in [1.29, 1.82) is 0 Å². The fourth-order valence-corrected chi connectivity index (χ4v) is 2.20. The van der Waals surface area contributed by atoms with E-state index in [0.717, 1.165) is 22.3 Å². The van der Waals surface area contributed by atoms with Gasteiger partial charge in [-0.15, -0.1) is 5.10 Å². The van der Waals surface area contributed by atoms with E-state index in [2.05, 4.69) is 10.5 Å². The molecule has 1 aliphatic heterocycles. The van der Waals surface area contributed by atoms with Gasteiger partial charge < -0.3 is 4.74 Å². The Hall–Kier alpha value is -2.69. The smallest absolute Gasteiger partial charge is 0.278 e. The first kappa shape index (κ1) is 13.3. The molecule has 1 heterocycles. The molecule has 0 atom stereocenters. The highest BCUT2D eigenvalue weighted by Crippen LogP contribution is 2.24. The van der Waals surface area contributed by atoms with Gasteiger partial charge in [-0.25, -0.2) is 9.82 Å². The van der Waals surface area contributed by atoms with Gasteiger partial charge >= 0.3 is 0 Å². The van der Waals surface area contributed by atoms with E-state index in [1.807, 2.05) is 31.2 Å². The summed E-state index contributed by atoms with van der Waals surface area (Å²) in [6, 6.07) is 12.3. The van der Waals surface area contributed by atoms with Gasteiger partial charge in [0.1, 0.15) is 5.82 Å². The molecule has 0 saturated carbocycles. The van der Waals surface area contributed by atoms with Crippen molar-refractivity contribution in [2.75, 3.05) is 6.61 Å². The van der Waals surface area contributed by atoms with Crippen LogP contribution >= 0.6 is 0 Å². The van der Waals surface area contributed by atoms with E-state index in [1.54, 1.807) is 6.07 Å². The van der Waals surface area contributed by atoms with E-state index >= 15 is 0 Å². The normalized spacial score (nSPS) is 14.2. The molecular formula is C16H13FN2O2. The lowest BCUT2D eigenvalue weighted by Gasteiger charge is -2.14. The Bertz CT molecular complexity index is 724. The molecule has 106 valence electrons. The van der Waals surface area contributed by atoms with Crippen LogP contribution in [0, 0.1) is 12.7 Å². The van der Waals surface area contributed by atoms with Gasteiger partial charge in [0.05, 0.1) is 0 Å². The Kier molecular flexibility index (Phi) is 3.39. The summed E-state index contributed by atoms with van der Waals surface area (Å²) in [5.41, 5.74) is 5.98. The van der Waals surface area contributed by atoms with Crippen LogP contribution in [-0.4, -0.2) is 18.4 Å². The molecule has 0 unspecified atom stereocenters. The predicted molar refractivity (Wildman–Crippen MR) is 77.2 cm³/mol. The minimum atomic E-state index is -0.266. The van der Waals surface area contributed by atoms with Crippen molar-refractivity contribution in [2.45, 2.75) is 6.92 Å². The number of hydrazone groups is 1. The van der Waals surface area contributed by atoms with Gasteiger partial charge in [-0.1, -0.05) is 18.2 Å². The first-order valence-corrected chi connectivity index (χ1v) is 6.50. The molecule has 5 heteroatoms. The van der Waals surface area contributed by atoms with Crippen molar-refractivity contribution in [3.63, 3.8) is 0 Å². The van der Waals surface area contributed by atoms with Gasteiger partial charge in [-0.05, 0) is 47.9 Å². The number of ether oxygens (including phenoxy) is 1. The monoisotopic (exact) mass is 284 g/mol. The third-order valence-electron chi connectivity index (χ3n) is 3.25. The van der Waals surface area contributed by atoms with Crippen LogP contribution in [0.3, 0.4) is 0 Å². The van der Waals surface area contributed by atoms with Crippen LogP contribution in [0.5, 0.6) is 0 Å². The molecule has 1 N–H and O–H groups in total. The van der Waals surface area contributed by atoms with Crippen LogP contribution in [0.4, 0.5) is 4.39 Å². The van der Waals surface area contributed by atoms with Crippen LogP contribution in [-0.2, 0) is 9.53 Å². The summed E-state index contributed by atoms with van der Waals surface area (Å²) >= 11 is 0. The van der Waals surface area contributed by atoms with Gasteiger partial charge in [0.15, 0.2) is 6.61 Å². The topological polar surface area (TPSA) is 50.7 Å². The second kappa shape index (κ2) is 5.36. The molecule has 2 aromatic rings. The van der Waals surface area contributed by atoms with E-state index in [4.69, 9.17) is 4.74 Å². The molecule has 2 aromatic carbocycles. The fourth-order valence-electron chi connectivity index (χ4n) is 2.20. The Balaban J connectivity index is 1.89. The fraction of sp³-hybridized carbons (Fsp3) is 0.125. The van der Waals surface area contributed by atoms with E-state index in [9.17, 15) is 9.18 Å². The molecular weight excluding hydrogens is 271 g/mol. The number of aryl methyl sites for hydroxylation is 1. The van der Waals surface area contributed by atoms with Crippen LogP contribution < -0.4 is 5.43 Å². The van der Waals surface area contributed by atoms with Crippen LogP contribution in [0.15, 0.2) is 47.6 Å². The first-order chi connectivity index (χ1) is 10.1. The lowest BCUT2D eigenvalue weighted by atomic mass is 9.99. The standard InChI is InChI=1S/C16H13FN2O2/c1-10-8-13(17)6-7-14(10)11-2-4-12(5-3-11)16-19-18-15(20)9-21-16/h2-8H,9H2,1H3,(H,18,20). The molecule has 3 rings (SSSR count).